The fourth-order valence-electron chi connectivity index (χ4n) is 5.58. The molecule has 1 unspecified atom stereocenters. The third kappa shape index (κ3) is 7.36. The van der Waals surface area contributed by atoms with E-state index in [0.29, 0.717) is 21.7 Å². The Morgan fingerprint density at radius 3 is 1.89 bits per heavy atom. The van der Waals surface area contributed by atoms with Gasteiger partial charge in [-0.1, -0.05) is 48.5 Å². The highest BCUT2D eigenvalue weighted by Gasteiger charge is 2.37. The number of nitrogens with zero attached hydrogens (tertiary/aromatic N) is 2. The first kappa shape index (κ1) is 29.5. The van der Waals surface area contributed by atoms with Gasteiger partial charge in [0.2, 0.25) is 0 Å². The fraction of sp³-hybridized carbons (Fsp3) is 0.556. The van der Waals surface area contributed by atoms with Crippen LogP contribution >= 0.6 is 23.2 Å². The number of halogens is 8. The van der Waals surface area contributed by atoms with Crippen molar-refractivity contribution in [2.75, 3.05) is 32.7 Å². The molecule has 0 spiro atoms. The lowest BCUT2D eigenvalue weighted by atomic mass is 9.93. The summed E-state index contributed by atoms with van der Waals surface area (Å²) in [7, 11) is 0. The van der Waals surface area contributed by atoms with Gasteiger partial charge in [0.15, 0.2) is 0 Å². The van der Waals surface area contributed by atoms with Gasteiger partial charge in [-0.15, -0.1) is 0 Å². The van der Waals surface area contributed by atoms with Crippen LogP contribution in [0.1, 0.15) is 60.4 Å². The molecule has 0 radical (unpaired) electrons. The molecule has 0 amide bonds. The number of benzene rings is 2. The van der Waals surface area contributed by atoms with Crippen molar-refractivity contribution in [3.63, 3.8) is 0 Å². The molecule has 4 rings (SSSR count). The van der Waals surface area contributed by atoms with Crippen LogP contribution in [-0.2, 0) is 18.9 Å². The monoisotopic (exact) mass is 581 g/mol. The van der Waals surface area contributed by atoms with Gasteiger partial charge in [0.05, 0.1) is 17.2 Å². The Balaban J connectivity index is 1.50. The topological polar surface area (TPSA) is 18.5 Å². The molecule has 1 saturated carbocycles. The van der Waals surface area contributed by atoms with Crippen molar-refractivity contribution < 1.29 is 26.3 Å². The van der Waals surface area contributed by atoms with E-state index in [4.69, 9.17) is 23.2 Å². The standard InChI is InChI=1S/C27H31Cl2F6N3/c28-22-7-4-8-23(29)25(22)24(38-11-9-37(10-12-38)21-5-2-1-3-6-21)17-36-16-18-13-19(26(30,31)32)15-20(14-18)27(33,34)35/h4,7-8,13-15,21,24,36H,1-3,5-6,9-12,16-17H2. The lowest BCUT2D eigenvalue weighted by molar-refractivity contribution is -0.143. The third-order valence-electron chi connectivity index (χ3n) is 7.53. The van der Waals surface area contributed by atoms with E-state index in [1.165, 1.54) is 32.1 Å². The molecule has 1 heterocycles. The Morgan fingerprint density at radius 1 is 0.816 bits per heavy atom. The van der Waals surface area contributed by atoms with Gasteiger partial charge in [-0.3, -0.25) is 9.80 Å². The molecule has 210 valence electrons. The fourth-order valence-corrected chi connectivity index (χ4v) is 6.23. The second-order valence-electron chi connectivity index (χ2n) is 10.1. The second-order valence-corrected chi connectivity index (χ2v) is 10.9. The highest BCUT2D eigenvalue weighted by atomic mass is 35.5. The molecule has 2 aromatic rings. The first-order chi connectivity index (χ1) is 17.9. The SMILES string of the molecule is FC(F)(F)c1cc(CNCC(c2c(Cl)cccc2Cl)N2CCN(C3CCCCC3)CC2)cc(C(F)(F)F)c1. The van der Waals surface area contributed by atoms with Crippen molar-refractivity contribution >= 4 is 23.2 Å². The zero-order chi connectivity index (χ0) is 27.5. The zero-order valence-electron chi connectivity index (χ0n) is 20.8. The summed E-state index contributed by atoms with van der Waals surface area (Å²) in [6, 6.07) is 7.15. The van der Waals surface area contributed by atoms with Gasteiger partial charge in [0, 0.05) is 60.9 Å². The summed E-state index contributed by atoms with van der Waals surface area (Å²) in [6.45, 7) is 3.36. The molecule has 1 aliphatic heterocycles. The van der Waals surface area contributed by atoms with Crippen molar-refractivity contribution in [2.45, 2.75) is 63.1 Å². The van der Waals surface area contributed by atoms with Crippen LogP contribution in [0.25, 0.3) is 0 Å². The molecule has 1 aliphatic carbocycles. The smallest absolute Gasteiger partial charge is 0.311 e. The van der Waals surface area contributed by atoms with Crippen LogP contribution in [0.4, 0.5) is 26.3 Å². The third-order valence-corrected chi connectivity index (χ3v) is 8.19. The van der Waals surface area contributed by atoms with Crippen LogP contribution in [0.15, 0.2) is 36.4 Å². The van der Waals surface area contributed by atoms with E-state index in [1.54, 1.807) is 18.2 Å². The second kappa shape index (κ2) is 12.3. The number of piperazine rings is 1. The quantitative estimate of drug-likeness (QED) is 0.336. The summed E-state index contributed by atoms with van der Waals surface area (Å²) in [5.74, 6) is 0. The first-order valence-corrected chi connectivity index (χ1v) is 13.6. The van der Waals surface area contributed by atoms with Gasteiger partial charge in [-0.2, -0.15) is 26.3 Å². The minimum absolute atomic E-state index is 0.0988. The maximum atomic E-state index is 13.3. The highest BCUT2D eigenvalue weighted by Crippen LogP contribution is 2.37. The van der Waals surface area contributed by atoms with Gasteiger partial charge in [0.25, 0.3) is 0 Å². The molecule has 0 bridgehead atoms. The number of rotatable bonds is 7. The van der Waals surface area contributed by atoms with Gasteiger partial charge in [0.1, 0.15) is 0 Å². The normalized spacial score (nSPS) is 19.6. The van der Waals surface area contributed by atoms with Crippen LogP contribution in [-0.4, -0.2) is 48.6 Å². The molecule has 11 heteroatoms. The Kier molecular flexibility index (Phi) is 9.56. The van der Waals surface area contributed by atoms with E-state index in [2.05, 4.69) is 15.1 Å². The van der Waals surface area contributed by atoms with E-state index in [9.17, 15) is 26.3 Å². The molecule has 38 heavy (non-hydrogen) atoms. The number of alkyl halides is 6. The Hall–Kier alpha value is -1.52. The molecule has 0 aromatic heterocycles. The van der Waals surface area contributed by atoms with Crippen LogP contribution < -0.4 is 5.32 Å². The Bertz CT molecular complexity index is 1020. The molecule has 1 saturated heterocycles. The van der Waals surface area contributed by atoms with Crippen LogP contribution in [0.3, 0.4) is 0 Å². The van der Waals surface area contributed by atoms with Gasteiger partial charge >= 0.3 is 12.4 Å². The summed E-state index contributed by atoms with van der Waals surface area (Å²) in [5.41, 5.74) is -2.05. The van der Waals surface area contributed by atoms with Gasteiger partial charge < -0.3 is 5.32 Å². The average Bonchev–Trinajstić information content (AvgIpc) is 2.87. The van der Waals surface area contributed by atoms with Crippen LogP contribution in [0, 0.1) is 0 Å². The Labute approximate surface area is 229 Å². The maximum absolute atomic E-state index is 13.3. The predicted molar refractivity (Wildman–Crippen MR) is 137 cm³/mol. The summed E-state index contributed by atoms with van der Waals surface area (Å²) in [4.78, 5) is 4.77. The van der Waals surface area contributed by atoms with Crippen molar-refractivity contribution in [3.8, 4) is 0 Å². The van der Waals surface area contributed by atoms with Crippen molar-refractivity contribution in [3.05, 3.63) is 68.7 Å². The number of hydrogen-bond donors (Lipinski definition) is 1. The van der Waals surface area contributed by atoms with E-state index < -0.39 is 23.5 Å². The number of nitrogens with one attached hydrogen (secondary N) is 1. The van der Waals surface area contributed by atoms with Gasteiger partial charge in [-0.25, -0.2) is 0 Å². The molecule has 2 aliphatic rings. The van der Waals surface area contributed by atoms with Crippen molar-refractivity contribution in [1.29, 1.82) is 0 Å². The highest BCUT2D eigenvalue weighted by molar-refractivity contribution is 6.36. The molecule has 2 fully saturated rings. The van der Waals surface area contributed by atoms with Crippen LogP contribution in [0.2, 0.25) is 10.0 Å². The van der Waals surface area contributed by atoms with E-state index in [0.717, 1.165) is 38.3 Å². The van der Waals surface area contributed by atoms with Crippen molar-refractivity contribution in [2.24, 2.45) is 0 Å². The summed E-state index contributed by atoms with van der Waals surface area (Å²) in [6.07, 6.45) is -3.58. The Morgan fingerprint density at radius 2 is 1.37 bits per heavy atom. The minimum atomic E-state index is -4.89. The first-order valence-electron chi connectivity index (χ1n) is 12.8. The number of hydrogen-bond acceptors (Lipinski definition) is 3. The lowest BCUT2D eigenvalue weighted by Gasteiger charge is -2.43. The molecular weight excluding hydrogens is 551 g/mol. The van der Waals surface area contributed by atoms with Gasteiger partial charge in [-0.05, 0) is 48.7 Å². The predicted octanol–water partition coefficient (Wildman–Crippen LogP) is 7.81. The summed E-state index contributed by atoms with van der Waals surface area (Å²) < 4.78 is 79.7. The van der Waals surface area contributed by atoms with E-state index in [1.807, 2.05) is 0 Å². The lowest BCUT2D eigenvalue weighted by Crippen LogP contribution is -2.52. The summed E-state index contributed by atoms with van der Waals surface area (Å²) >= 11 is 13.1. The largest absolute Gasteiger partial charge is 0.416 e. The average molecular weight is 582 g/mol. The molecule has 3 nitrogen and oxygen atoms in total. The van der Waals surface area contributed by atoms with E-state index >= 15 is 0 Å². The van der Waals surface area contributed by atoms with E-state index in [-0.39, 0.29) is 30.8 Å². The molecule has 2 aromatic carbocycles. The maximum Gasteiger partial charge on any atom is 0.416 e. The van der Waals surface area contributed by atoms with Crippen molar-refractivity contribution in [1.82, 2.24) is 15.1 Å². The zero-order valence-corrected chi connectivity index (χ0v) is 22.3. The summed E-state index contributed by atoms with van der Waals surface area (Å²) in [5, 5.41) is 4.02. The minimum Gasteiger partial charge on any atom is -0.311 e. The molecular formula is C27H31Cl2F6N3. The molecule has 1 N–H and O–H groups in total. The molecule has 1 atom stereocenters. The van der Waals surface area contributed by atoms with Crippen LogP contribution in [0.5, 0.6) is 0 Å².